The normalized spacial score (nSPS) is 16.6. The number of Topliss-reactive ketones (excluding diaryl/α,β-unsaturated/α-hetero) is 1. The number of carbonyl (C=O) groups excluding carboxylic acids is 4. The average molecular weight is 1080 g/mol. The van der Waals surface area contributed by atoms with Crippen molar-refractivity contribution < 1.29 is 90.3 Å². The number of benzene rings is 1. The van der Waals surface area contributed by atoms with Crippen molar-refractivity contribution in [2.24, 2.45) is 0 Å². The zero-order valence-electron chi connectivity index (χ0n) is 26.6. The van der Waals surface area contributed by atoms with Gasteiger partial charge in [0.25, 0.3) is 17.6 Å². The summed E-state index contributed by atoms with van der Waals surface area (Å²) in [6.07, 6.45) is -14.9. The number of halogens is 3. The molecule has 1 aromatic carbocycles. The van der Waals surface area contributed by atoms with Crippen molar-refractivity contribution in [3.63, 3.8) is 0 Å². The molecule has 0 aliphatic rings. The first-order valence-electron chi connectivity index (χ1n) is 14.5. The number of ether oxygens (including phenoxy) is 1. The number of likely N-dealkylation sites (N-methyl/N-ethyl adjacent to an activating group) is 1. The quantitative estimate of drug-likeness (QED) is 0.0250. The Balaban J connectivity index is 0.00000162. The van der Waals surface area contributed by atoms with Gasteiger partial charge in [-0.3, -0.25) is 14.4 Å². The van der Waals surface area contributed by atoms with Gasteiger partial charge in [-0.05, 0) is 74.8 Å². The molecule has 0 spiro atoms. The molecule has 2 amide bonds. The van der Waals surface area contributed by atoms with Crippen LogP contribution in [0.15, 0.2) is 0 Å². The Hall–Kier alpha value is -1.07. The molecule has 0 bridgehead atoms. The van der Waals surface area contributed by atoms with Crippen LogP contribution >= 0.6 is 67.8 Å². The Bertz CT molecular complexity index is 1240. The number of hydrogen-bond donors (Lipinski definition) is 16. The predicted octanol–water partition coefficient (Wildman–Crippen LogP) is -7.14. The number of nitrogens with one attached hydrogen (secondary N) is 3. The van der Waals surface area contributed by atoms with Crippen LogP contribution in [-0.4, -0.2) is 198 Å². The molecule has 9 atom stereocenters. The van der Waals surface area contributed by atoms with E-state index in [0.717, 1.165) is 0 Å². The minimum atomic E-state index is -2.48. The van der Waals surface area contributed by atoms with Gasteiger partial charge in [0, 0.05) is 23.2 Å². The van der Waals surface area contributed by atoms with E-state index in [1.807, 2.05) is 0 Å². The zero-order chi connectivity index (χ0) is 39.7. The third-order valence-electron chi connectivity index (χ3n) is 6.46. The third-order valence-corrected chi connectivity index (χ3v) is 9.59. The number of aliphatic hydroxyl groups excluding tert-OH is 13. The number of aliphatic hydroxyl groups is 13. The van der Waals surface area contributed by atoms with Crippen LogP contribution < -0.4 is 20.7 Å². The van der Waals surface area contributed by atoms with Crippen LogP contribution in [-0.2, 0) is 9.59 Å². The van der Waals surface area contributed by atoms with E-state index < -0.39 is 111 Å². The Morgan fingerprint density at radius 3 is 1.35 bits per heavy atom. The van der Waals surface area contributed by atoms with E-state index in [1.54, 1.807) is 74.8 Å². The minimum Gasteiger partial charge on any atom is -0.418 e. The van der Waals surface area contributed by atoms with Crippen molar-refractivity contribution in [2.75, 3.05) is 53.1 Å². The molecule has 0 fully saturated rings. The van der Waals surface area contributed by atoms with E-state index in [2.05, 4.69) is 16.0 Å². The molecule has 0 aromatic heterocycles. The summed E-state index contributed by atoms with van der Waals surface area (Å²) in [5.74, 6) is -5.63. The fourth-order valence-corrected chi connectivity index (χ4v) is 7.85. The maximum Gasteiger partial charge on any atom is 0.383 e. The number of rotatable bonds is 20. The maximum absolute atomic E-state index is 12.9. The van der Waals surface area contributed by atoms with Crippen LogP contribution in [0.25, 0.3) is 0 Å². The molecular formula is C27H42I3N3O18. The van der Waals surface area contributed by atoms with E-state index in [9.17, 15) is 49.8 Å². The number of ketones is 1. The molecule has 2 unspecified atom stereocenters. The van der Waals surface area contributed by atoms with Crippen molar-refractivity contribution in [1.29, 1.82) is 0 Å². The standard InChI is InChI=1S/C20H25I3N2O13.C7H17NO5/c21-11-9(18(35)24-1-6(29)3-26)12(22)17(13(23)10(11)19(36)25-2-7(30)4-27)38-20(37)16(34)15(33)14(32)8(31)5-28;1-8-2-4(10)6(12)7(13)5(11)3-9/h6-8,14-15,26-33H,1-5H2,(H,24,35)(H,25,36);4-13H,2-3H2,1H3/t6?,7?,8-,14+,15-;4-,5+,6+,7+/m00/s1. The molecule has 0 saturated heterocycles. The third kappa shape index (κ3) is 15.3. The van der Waals surface area contributed by atoms with Gasteiger partial charge in [0.05, 0.1) is 63.0 Å². The van der Waals surface area contributed by atoms with E-state index >= 15 is 0 Å². The second kappa shape index (κ2) is 25.1. The van der Waals surface area contributed by atoms with Gasteiger partial charge in [0.1, 0.15) is 30.5 Å². The number of carbonyl (C=O) groups is 4. The first-order valence-corrected chi connectivity index (χ1v) is 17.7. The number of amides is 2. The van der Waals surface area contributed by atoms with Crippen LogP contribution in [0.1, 0.15) is 20.7 Å². The highest BCUT2D eigenvalue weighted by Gasteiger charge is 2.37. The predicted molar refractivity (Wildman–Crippen MR) is 196 cm³/mol. The van der Waals surface area contributed by atoms with Crippen molar-refractivity contribution in [1.82, 2.24) is 16.0 Å². The molecule has 0 aliphatic carbocycles. The maximum atomic E-state index is 12.9. The molecule has 51 heavy (non-hydrogen) atoms. The van der Waals surface area contributed by atoms with Crippen LogP contribution in [0, 0.1) is 10.7 Å². The van der Waals surface area contributed by atoms with E-state index in [0.29, 0.717) is 0 Å². The van der Waals surface area contributed by atoms with Gasteiger partial charge in [0.2, 0.25) is 0 Å². The van der Waals surface area contributed by atoms with Crippen LogP contribution in [0.3, 0.4) is 0 Å². The van der Waals surface area contributed by atoms with Crippen molar-refractivity contribution in [2.45, 2.75) is 54.9 Å². The zero-order valence-corrected chi connectivity index (χ0v) is 33.1. The van der Waals surface area contributed by atoms with E-state index in [-0.39, 0.29) is 41.5 Å². The largest absolute Gasteiger partial charge is 0.418 e. The second-order valence-corrected chi connectivity index (χ2v) is 13.6. The molecule has 0 heterocycles. The average Bonchev–Trinajstić information content (AvgIpc) is 3.12. The van der Waals surface area contributed by atoms with Gasteiger partial charge in [-0.2, -0.15) is 0 Å². The lowest BCUT2D eigenvalue weighted by Crippen LogP contribution is -2.48. The molecule has 0 radical (unpaired) electrons. The SMILES string of the molecule is CNC[C@H](O)[C@@H](O)[C@H](O)[C@H](O)CO.O=C(Oc1c(I)c(C(=O)NCC(O)CO)c(I)c(C(=O)NCC(O)CO)c1I)C(=O)[C@@H](O)[C@H](O)[C@@H](O)CO. The molecule has 0 saturated carbocycles. The van der Waals surface area contributed by atoms with Gasteiger partial charge >= 0.3 is 5.97 Å². The topological polar surface area (TPSA) is 377 Å². The van der Waals surface area contributed by atoms with Gasteiger partial charge in [-0.15, -0.1) is 0 Å². The van der Waals surface area contributed by atoms with E-state index in [1.165, 1.54) is 0 Å². The summed E-state index contributed by atoms with van der Waals surface area (Å²) in [6.45, 7) is -3.69. The van der Waals surface area contributed by atoms with Gasteiger partial charge in [-0.1, -0.05) is 0 Å². The molecule has 294 valence electrons. The van der Waals surface area contributed by atoms with Gasteiger partial charge < -0.3 is 87.1 Å². The van der Waals surface area contributed by atoms with Gasteiger partial charge in [-0.25, -0.2) is 4.79 Å². The van der Waals surface area contributed by atoms with Crippen molar-refractivity contribution in [3.8, 4) is 5.75 Å². The summed E-state index contributed by atoms with van der Waals surface area (Å²) in [5, 5.41) is 127. The summed E-state index contributed by atoms with van der Waals surface area (Å²) < 4.78 is 4.97. The molecule has 16 N–H and O–H groups in total. The lowest BCUT2D eigenvalue weighted by Gasteiger charge is -2.25. The fourth-order valence-electron chi connectivity index (χ4n) is 3.49. The Kier molecular flexibility index (Phi) is 24.6. The smallest absolute Gasteiger partial charge is 0.383 e. The molecule has 0 aliphatic heterocycles. The van der Waals surface area contributed by atoms with E-state index in [4.69, 9.17) is 40.5 Å². The highest BCUT2D eigenvalue weighted by atomic mass is 127. The summed E-state index contributed by atoms with van der Waals surface area (Å²) >= 11 is 4.85. The fraction of sp³-hybridized carbons (Fsp3) is 0.630. The van der Waals surface area contributed by atoms with Crippen LogP contribution in [0.5, 0.6) is 5.75 Å². The number of hydrogen-bond acceptors (Lipinski definition) is 19. The molecule has 1 rings (SSSR count). The highest BCUT2D eigenvalue weighted by Crippen LogP contribution is 2.37. The van der Waals surface area contributed by atoms with Crippen LogP contribution in [0.2, 0.25) is 0 Å². The molecular weight excluding hydrogens is 1040 g/mol. The summed E-state index contributed by atoms with van der Waals surface area (Å²) in [5.41, 5.74) is -0.452. The van der Waals surface area contributed by atoms with Crippen molar-refractivity contribution >= 4 is 91.3 Å². The van der Waals surface area contributed by atoms with Gasteiger partial charge in [0.15, 0.2) is 11.9 Å². The summed E-state index contributed by atoms with van der Waals surface area (Å²) in [7, 11) is 1.57. The lowest BCUT2D eigenvalue weighted by molar-refractivity contribution is -0.158. The summed E-state index contributed by atoms with van der Waals surface area (Å²) in [4.78, 5) is 50.7. The van der Waals surface area contributed by atoms with Crippen LogP contribution in [0.4, 0.5) is 0 Å². The lowest BCUT2D eigenvalue weighted by atomic mass is 10.0. The molecule has 24 heteroatoms. The molecule has 1 aromatic rings. The summed E-state index contributed by atoms with van der Waals surface area (Å²) in [6, 6.07) is 0. The first-order chi connectivity index (χ1) is 23.8. The monoisotopic (exact) mass is 1080 g/mol. The first kappa shape index (κ1) is 49.9. The Labute approximate surface area is 331 Å². The second-order valence-electron chi connectivity index (χ2n) is 10.4. The Morgan fingerprint density at radius 1 is 0.588 bits per heavy atom. The van der Waals surface area contributed by atoms with Crippen molar-refractivity contribution in [3.05, 3.63) is 21.8 Å². The molecule has 21 nitrogen and oxygen atoms in total. The number of esters is 1. The highest BCUT2D eigenvalue weighted by molar-refractivity contribution is 14.1. The Morgan fingerprint density at radius 2 is 0.980 bits per heavy atom. The minimum absolute atomic E-state index is 0.0380.